The molecular weight excluding hydrogens is 454 g/mol. The molecule has 0 aliphatic rings. The summed E-state index contributed by atoms with van der Waals surface area (Å²) in [5.74, 6) is -0.509. The van der Waals surface area contributed by atoms with Gasteiger partial charge in [0.05, 0.1) is 20.4 Å². The smallest absolute Gasteiger partial charge is 0.229 e. The van der Waals surface area contributed by atoms with Crippen LogP contribution < -0.4 is 4.90 Å². The third-order valence-corrected chi connectivity index (χ3v) is 8.19. The maximum absolute atomic E-state index is 13.1. The van der Waals surface area contributed by atoms with Crippen molar-refractivity contribution in [2.75, 3.05) is 36.8 Å². The fraction of sp³-hybridized carbons (Fsp3) is 0.364. The van der Waals surface area contributed by atoms with E-state index in [1.165, 1.54) is 11.3 Å². The Morgan fingerprint density at radius 3 is 2.39 bits per heavy atom. The van der Waals surface area contributed by atoms with Crippen LogP contribution in [0.25, 0.3) is 10.2 Å². The van der Waals surface area contributed by atoms with E-state index in [-0.39, 0.29) is 23.0 Å². The molecule has 0 bridgehead atoms. The number of hydrogen-bond acceptors (Lipinski definition) is 6. The van der Waals surface area contributed by atoms with Crippen molar-refractivity contribution in [1.82, 2.24) is 9.88 Å². The zero-order valence-electron chi connectivity index (χ0n) is 17.6. The van der Waals surface area contributed by atoms with Crippen LogP contribution in [0.2, 0.25) is 5.02 Å². The van der Waals surface area contributed by atoms with Gasteiger partial charge in [-0.05, 0) is 37.4 Å². The van der Waals surface area contributed by atoms with Gasteiger partial charge in [-0.25, -0.2) is 13.4 Å². The zero-order valence-corrected chi connectivity index (χ0v) is 20.0. The normalized spacial score (nSPS) is 11.9. The summed E-state index contributed by atoms with van der Waals surface area (Å²) >= 11 is 7.66. The van der Waals surface area contributed by atoms with Crippen molar-refractivity contribution < 1.29 is 13.2 Å². The van der Waals surface area contributed by atoms with E-state index in [1.54, 1.807) is 41.3 Å². The van der Waals surface area contributed by atoms with Gasteiger partial charge in [0, 0.05) is 19.5 Å². The van der Waals surface area contributed by atoms with Gasteiger partial charge in [0.1, 0.15) is 5.52 Å². The molecule has 3 rings (SSSR count). The molecule has 0 aliphatic heterocycles. The molecule has 0 saturated carbocycles. The average Bonchev–Trinajstić information content (AvgIpc) is 3.21. The van der Waals surface area contributed by atoms with Crippen molar-refractivity contribution in [3.63, 3.8) is 0 Å². The molecule has 1 aromatic heterocycles. The molecule has 0 aliphatic carbocycles. The fourth-order valence-electron chi connectivity index (χ4n) is 3.23. The van der Waals surface area contributed by atoms with Gasteiger partial charge in [-0.2, -0.15) is 0 Å². The Bertz CT molecular complexity index is 1130. The molecule has 0 atom stereocenters. The molecular formula is C22H26ClN3O3S2. The number of hydrogen-bond donors (Lipinski definition) is 0. The number of rotatable bonds is 10. The lowest BCUT2D eigenvalue weighted by molar-refractivity contribution is -0.118. The van der Waals surface area contributed by atoms with Gasteiger partial charge in [0.25, 0.3) is 0 Å². The van der Waals surface area contributed by atoms with Gasteiger partial charge in [-0.1, -0.05) is 61.1 Å². The number of carbonyl (C=O) groups excluding carboxylic acids is 1. The summed E-state index contributed by atoms with van der Waals surface area (Å²) in [7, 11) is -3.54. The van der Waals surface area contributed by atoms with E-state index in [9.17, 15) is 13.2 Å². The van der Waals surface area contributed by atoms with E-state index in [4.69, 9.17) is 11.6 Å². The number of amides is 1. The molecule has 0 radical (unpaired) electrons. The molecule has 1 amide bonds. The van der Waals surface area contributed by atoms with Gasteiger partial charge >= 0.3 is 0 Å². The molecule has 9 heteroatoms. The van der Waals surface area contributed by atoms with E-state index < -0.39 is 9.84 Å². The lowest BCUT2D eigenvalue weighted by Crippen LogP contribution is -2.39. The first kappa shape index (κ1) is 23.7. The Balaban J connectivity index is 1.82. The van der Waals surface area contributed by atoms with Crippen LogP contribution in [0.3, 0.4) is 0 Å². The second-order valence-corrected chi connectivity index (χ2v) is 10.6. The standard InChI is InChI=1S/C22H26ClN3O3S2/c1-3-25(4-2)14-15-26(22-24-21-18(23)11-8-12-19(21)30-22)20(27)13-16-31(28,29)17-9-6-5-7-10-17/h5-12H,3-4,13-16H2,1-2H3. The third kappa shape index (κ3) is 5.83. The first-order valence-electron chi connectivity index (χ1n) is 10.2. The lowest BCUT2D eigenvalue weighted by atomic mass is 10.3. The monoisotopic (exact) mass is 479 g/mol. The Labute approximate surface area is 192 Å². The van der Waals surface area contributed by atoms with Crippen LogP contribution in [-0.2, 0) is 14.6 Å². The van der Waals surface area contributed by atoms with Crippen LogP contribution in [0.5, 0.6) is 0 Å². The van der Waals surface area contributed by atoms with Crippen LogP contribution in [0, 0.1) is 0 Å². The zero-order chi connectivity index (χ0) is 22.4. The minimum atomic E-state index is -3.54. The van der Waals surface area contributed by atoms with E-state index in [0.717, 1.165) is 17.8 Å². The molecule has 0 spiro atoms. The van der Waals surface area contributed by atoms with Crippen LogP contribution >= 0.6 is 22.9 Å². The van der Waals surface area contributed by atoms with Crippen molar-refractivity contribution in [3.8, 4) is 0 Å². The number of sulfone groups is 1. The highest BCUT2D eigenvalue weighted by molar-refractivity contribution is 7.91. The summed E-state index contributed by atoms with van der Waals surface area (Å²) < 4.78 is 26.2. The molecule has 6 nitrogen and oxygen atoms in total. The molecule has 1 heterocycles. The summed E-state index contributed by atoms with van der Waals surface area (Å²) in [5, 5.41) is 1.07. The number of halogens is 1. The first-order valence-corrected chi connectivity index (χ1v) is 13.1. The van der Waals surface area contributed by atoms with Gasteiger partial charge in [-0.15, -0.1) is 0 Å². The number of thiazole rings is 1. The first-order chi connectivity index (χ1) is 14.9. The maximum atomic E-state index is 13.1. The van der Waals surface area contributed by atoms with Crippen LogP contribution in [0.15, 0.2) is 53.4 Å². The van der Waals surface area contributed by atoms with E-state index in [2.05, 4.69) is 23.7 Å². The number of para-hydroxylation sites is 1. The van der Waals surface area contributed by atoms with E-state index >= 15 is 0 Å². The Morgan fingerprint density at radius 1 is 1.03 bits per heavy atom. The molecule has 0 N–H and O–H groups in total. The average molecular weight is 480 g/mol. The Kier molecular flexibility index (Phi) is 8.05. The molecule has 0 fully saturated rings. The quantitative estimate of drug-likeness (QED) is 0.428. The summed E-state index contributed by atoms with van der Waals surface area (Å²) in [5.41, 5.74) is 0.654. The second-order valence-electron chi connectivity index (χ2n) is 7.04. The topological polar surface area (TPSA) is 70.6 Å². The molecule has 0 saturated heterocycles. The minimum absolute atomic E-state index is 0.112. The number of likely N-dealkylation sites (N-methyl/N-ethyl adjacent to an activating group) is 1. The Hall–Kier alpha value is -2.00. The molecule has 31 heavy (non-hydrogen) atoms. The second kappa shape index (κ2) is 10.5. The fourth-order valence-corrected chi connectivity index (χ4v) is 5.79. The highest BCUT2D eigenvalue weighted by atomic mass is 35.5. The van der Waals surface area contributed by atoms with E-state index in [1.807, 2.05) is 12.1 Å². The number of aromatic nitrogens is 1. The summed E-state index contributed by atoms with van der Waals surface area (Å²) in [4.78, 5) is 21.8. The number of benzene rings is 2. The highest BCUT2D eigenvalue weighted by Gasteiger charge is 2.24. The van der Waals surface area contributed by atoms with Crippen LogP contribution in [-0.4, -0.2) is 56.1 Å². The third-order valence-electron chi connectivity index (χ3n) is 5.11. The highest BCUT2D eigenvalue weighted by Crippen LogP contribution is 2.33. The molecule has 0 unspecified atom stereocenters. The number of carbonyl (C=O) groups is 1. The van der Waals surface area contributed by atoms with Gasteiger partial charge < -0.3 is 4.90 Å². The number of fused-ring (bicyclic) bond motifs is 1. The molecule has 3 aromatic rings. The van der Waals surface area contributed by atoms with Crippen molar-refractivity contribution in [3.05, 3.63) is 53.6 Å². The van der Waals surface area contributed by atoms with Crippen LogP contribution in [0.4, 0.5) is 5.13 Å². The number of nitrogens with zero attached hydrogens (tertiary/aromatic N) is 3. The lowest BCUT2D eigenvalue weighted by Gasteiger charge is -2.24. The SMILES string of the molecule is CCN(CC)CCN(C(=O)CCS(=O)(=O)c1ccccc1)c1nc2c(Cl)cccc2s1. The largest absolute Gasteiger partial charge is 0.302 e. The summed E-state index contributed by atoms with van der Waals surface area (Å²) in [6, 6.07) is 13.7. The summed E-state index contributed by atoms with van der Waals surface area (Å²) in [6.07, 6.45) is -0.112. The predicted octanol–water partition coefficient (Wildman–Crippen LogP) is 4.49. The van der Waals surface area contributed by atoms with Crippen molar-refractivity contribution >= 4 is 54.0 Å². The predicted molar refractivity (Wildman–Crippen MR) is 128 cm³/mol. The summed E-state index contributed by atoms with van der Waals surface area (Å²) in [6.45, 7) is 6.98. The molecule has 166 valence electrons. The van der Waals surface area contributed by atoms with Crippen molar-refractivity contribution in [2.24, 2.45) is 0 Å². The van der Waals surface area contributed by atoms with Crippen molar-refractivity contribution in [1.29, 1.82) is 0 Å². The molecule has 2 aromatic carbocycles. The Morgan fingerprint density at radius 2 is 1.74 bits per heavy atom. The minimum Gasteiger partial charge on any atom is -0.302 e. The maximum Gasteiger partial charge on any atom is 0.229 e. The van der Waals surface area contributed by atoms with Gasteiger partial charge in [-0.3, -0.25) is 9.69 Å². The number of anilines is 1. The van der Waals surface area contributed by atoms with Gasteiger partial charge in [0.2, 0.25) is 5.91 Å². The van der Waals surface area contributed by atoms with Crippen molar-refractivity contribution in [2.45, 2.75) is 25.2 Å². The van der Waals surface area contributed by atoms with Crippen LogP contribution in [0.1, 0.15) is 20.3 Å². The van der Waals surface area contributed by atoms with Gasteiger partial charge in [0.15, 0.2) is 15.0 Å². The van der Waals surface area contributed by atoms with E-state index in [0.29, 0.717) is 28.8 Å².